The van der Waals surface area contributed by atoms with Crippen LogP contribution in [0.3, 0.4) is 0 Å². The highest BCUT2D eigenvalue weighted by Gasteiger charge is 2.38. The molecule has 0 saturated carbocycles. The molecular weight excluding hydrogens is 315 g/mol. The van der Waals surface area contributed by atoms with Crippen molar-refractivity contribution in [2.45, 2.75) is 39.3 Å². The third-order valence-electron chi connectivity index (χ3n) is 2.48. The van der Waals surface area contributed by atoms with Crippen LogP contribution in [-0.4, -0.2) is 27.4 Å². The van der Waals surface area contributed by atoms with E-state index in [0.717, 1.165) is 5.56 Å². The first kappa shape index (κ1) is 19.2. The number of benzene rings is 1. The van der Waals surface area contributed by atoms with Crippen LogP contribution in [0.15, 0.2) is 30.3 Å². The monoisotopic (exact) mass is 340 g/mol. The molecule has 0 bridgehead atoms. The summed E-state index contributed by atoms with van der Waals surface area (Å²) in [6.07, 6.45) is 0. The molecule has 22 heavy (non-hydrogen) atoms. The van der Waals surface area contributed by atoms with Gasteiger partial charge in [-0.1, -0.05) is 30.0 Å². The van der Waals surface area contributed by atoms with Crippen molar-refractivity contribution in [1.29, 1.82) is 0 Å². The summed E-state index contributed by atoms with van der Waals surface area (Å²) in [5.41, 5.74) is 0.839. The van der Waals surface area contributed by atoms with Crippen molar-refractivity contribution in [3.8, 4) is 11.8 Å². The molecule has 1 atom stereocenters. The smallest absolute Gasteiger partial charge is 0.370 e. The Morgan fingerprint density at radius 2 is 1.64 bits per heavy atom. The fourth-order valence-electron chi connectivity index (χ4n) is 1.71. The molecule has 0 amide bonds. The Hall–Kier alpha value is -0.893. The van der Waals surface area contributed by atoms with E-state index in [1.165, 1.54) is 0 Å². The first-order valence-corrected chi connectivity index (χ1v) is 12.5. The van der Waals surface area contributed by atoms with Gasteiger partial charge in [0.15, 0.2) is 8.32 Å². The van der Waals surface area contributed by atoms with Crippen LogP contribution < -0.4 is 0 Å². The predicted molar refractivity (Wildman–Crippen MR) is 92.4 cm³/mol. The number of hydrogen-bond donors (Lipinski definition) is 0. The van der Waals surface area contributed by atoms with Gasteiger partial charge in [-0.15, -0.1) is 0 Å². The lowest BCUT2D eigenvalue weighted by Gasteiger charge is -2.28. The SMILES string of the molecule is CCOP(=O)(OCC)C(C#Cc1ccccc1)O[Si](C)(C)C. The average Bonchev–Trinajstić information content (AvgIpc) is 2.44. The van der Waals surface area contributed by atoms with E-state index >= 15 is 0 Å². The molecule has 1 unspecified atom stereocenters. The van der Waals surface area contributed by atoms with E-state index in [0.29, 0.717) is 0 Å². The van der Waals surface area contributed by atoms with Gasteiger partial charge in [0, 0.05) is 5.56 Å². The second kappa shape index (κ2) is 8.66. The van der Waals surface area contributed by atoms with E-state index in [9.17, 15) is 4.57 Å². The molecule has 0 spiro atoms. The van der Waals surface area contributed by atoms with Crippen molar-refractivity contribution >= 4 is 15.9 Å². The first-order valence-electron chi connectivity index (χ1n) is 7.44. The van der Waals surface area contributed by atoms with E-state index in [4.69, 9.17) is 13.5 Å². The van der Waals surface area contributed by atoms with Gasteiger partial charge in [0.05, 0.1) is 13.2 Å². The lowest BCUT2D eigenvalue weighted by molar-refractivity contribution is 0.178. The minimum atomic E-state index is -3.42. The fourth-order valence-corrected chi connectivity index (χ4v) is 5.19. The molecule has 0 saturated heterocycles. The number of hydrogen-bond acceptors (Lipinski definition) is 4. The van der Waals surface area contributed by atoms with Gasteiger partial charge in [-0.25, -0.2) is 0 Å². The molecule has 122 valence electrons. The quantitative estimate of drug-likeness (QED) is 0.417. The van der Waals surface area contributed by atoms with Crippen LogP contribution in [0.4, 0.5) is 0 Å². The summed E-state index contributed by atoms with van der Waals surface area (Å²) >= 11 is 0. The first-order chi connectivity index (χ1) is 10.3. The lowest BCUT2D eigenvalue weighted by atomic mass is 10.2. The Labute approximate surface area is 134 Å². The normalized spacial score (nSPS) is 13.3. The topological polar surface area (TPSA) is 44.8 Å². The van der Waals surface area contributed by atoms with E-state index in [1.807, 2.05) is 50.0 Å². The van der Waals surface area contributed by atoms with E-state index in [1.54, 1.807) is 13.8 Å². The molecule has 1 aromatic carbocycles. The minimum Gasteiger partial charge on any atom is -0.395 e. The van der Waals surface area contributed by atoms with Gasteiger partial charge < -0.3 is 13.5 Å². The maximum atomic E-state index is 13.0. The second-order valence-corrected chi connectivity index (χ2v) is 12.1. The molecule has 0 heterocycles. The van der Waals surface area contributed by atoms with E-state index in [-0.39, 0.29) is 13.2 Å². The van der Waals surface area contributed by atoms with Gasteiger partial charge in [0.1, 0.15) is 0 Å². The lowest BCUT2D eigenvalue weighted by Crippen LogP contribution is -2.32. The van der Waals surface area contributed by atoms with Crippen molar-refractivity contribution in [2.24, 2.45) is 0 Å². The van der Waals surface area contributed by atoms with Crippen molar-refractivity contribution in [3.63, 3.8) is 0 Å². The summed E-state index contributed by atoms with van der Waals surface area (Å²) in [7, 11) is -5.39. The fraction of sp³-hybridized carbons (Fsp3) is 0.500. The average molecular weight is 340 g/mol. The molecule has 1 rings (SSSR count). The maximum Gasteiger partial charge on any atom is 0.370 e. The highest BCUT2D eigenvalue weighted by atomic mass is 31.2. The summed E-state index contributed by atoms with van der Waals surface area (Å²) in [6, 6.07) is 9.52. The van der Waals surface area contributed by atoms with Crippen molar-refractivity contribution < 1.29 is 18.0 Å². The van der Waals surface area contributed by atoms with Crippen LogP contribution in [-0.2, 0) is 18.0 Å². The van der Waals surface area contributed by atoms with Gasteiger partial charge in [-0.2, -0.15) is 0 Å². The van der Waals surface area contributed by atoms with Crippen LogP contribution in [0.1, 0.15) is 19.4 Å². The zero-order valence-electron chi connectivity index (χ0n) is 14.0. The molecule has 0 radical (unpaired) electrons. The summed E-state index contributed by atoms with van der Waals surface area (Å²) in [5.74, 6) is 5.10. The predicted octanol–water partition coefficient (Wildman–Crippen LogP) is 4.48. The highest BCUT2D eigenvalue weighted by molar-refractivity contribution is 7.54. The van der Waals surface area contributed by atoms with Crippen LogP contribution in [0.25, 0.3) is 0 Å². The zero-order valence-corrected chi connectivity index (χ0v) is 15.9. The minimum absolute atomic E-state index is 0.288. The molecule has 0 fully saturated rings. The molecule has 0 aliphatic heterocycles. The van der Waals surface area contributed by atoms with Crippen LogP contribution >= 0.6 is 7.60 Å². The van der Waals surface area contributed by atoms with Gasteiger partial charge in [-0.05, 0) is 45.6 Å². The molecule has 0 aromatic heterocycles. The Morgan fingerprint density at radius 3 is 2.09 bits per heavy atom. The van der Waals surface area contributed by atoms with Crippen molar-refractivity contribution in [3.05, 3.63) is 35.9 Å². The highest BCUT2D eigenvalue weighted by Crippen LogP contribution is 2.53. The maximum absolute atomic E-state index is 13.0. The Morgan fingerprint density at radius 1 is 1.09 bits per heavy atom. The van der Waals surface area contributed by atoms with Gasteiger partial charge in [0.25, 0.3) is 0 Å². The molecule has 0 aliphatic rings. The van der Waals surface area contributed by atoms with Crippen molar-refractivity contribution in [2.75, 3.05) is 13.2 Å². The third-order valence-corrected chi connectivity index (χ3v) is 5.67. The van der Waals surface area contributed by atoms with Gasteiger partial charge >= 0.3 is 7.60 Å². The molecule has 1 aromatic rings. The summed E-state index contributed by atoms with van der Waals surface area (Å²) in [6.45, 7) is 10.2. The summed E-state index contributed by atoms with van der Waals surface area (Å²) in [4.78, 5) is 0. The molecular formula is C16H25O4PSi. The van der Waals surface area contributed by atoms with Crippen molar-refractivity contribution in [1.82, 2.24) is 0 Å². The summed E-state index contributed by atoms with van der Waals surface area (Å²) in [5, 5.41) is 0. The Bertz CT molecular complexity index is 547. The van der Waals surface area contributed by atoms with E-state index < -0.39 is 21.8 Å². The Kier molecular flexibility index (Phi) is 7.54. The standard InChI is InChI=1S/C16H25O4PSi/c1-6-18-21(17,19-7-2)16(20-22(3,4)5)14-13-15-11-9-8-10-12-15/h8-12,16H,6-7H2,1-5H3. The Balaban J connectivity index is 3.12. The van der Waals surface area contributed by atoms with Crippen LogP contribution in [0.2, 0.25) is 19.6 Å². The molecule has 4 nitrogen and oxygen atoms in total. The number of rotatable bonds is 7. The summed E-state index contributed by atoms with van der Waals surface area (Å²) < 4.78 is 29.7. The van der Waals surface area contributed by atoms with Gasteiger partial charge in [-0.3, -0.25) is 4.57 Å². The van der Waals surface area contributed by atoms with Crippen LogP contribution in [0.5, 0.6) is 0 Å². The zero-order chi connectivity index (χ0) is 16.6. The molecule has 6 heteroatoms. The molecule has 0 aliphatic carbocycles. The largest absolute Gasteiger partial charge is 0.395 e. The van der Waals surface area contributed by atoms with Crippen LogP contribution in [0, 0.1) is 11.8 Å². The van der Waals surface area contributed by atoms with Gasteiger partial charge in [0.2, 0.25) is 5.85 Å². The van der Waals surface area contributed by atoms with E-state index in [2.05, 4.69) is 11.8 Å². The second-order valence-electron chi connectivity index (χ2n) is 5.59. The molecule has 0 N–H and O–H groups in total. The third kappa shape index (κ3) is 6.47.